The second-order valence-corrected chi connectivity index (χ2v) is 5.92. The first kappa shape index (κ1) is 16.0. The highest BCUT2D eigenvalue weighted by atomic mass is 16.1. The Hall–Kier alpha value is -1.39. The maximum atomic E-state index is 12.4. The molecule has 1 aliphatic rings. The Morgan fingerprint density at radius 1 is 1.33 bits per heavy atom. The highest BCUT2D eigenvalue weighted by Crippen LogP contribution is 2.29. The van der Waals surface area contributed by atoms with Crippen LogP contribution < -0.4 is 11.1 Å². The molecule has 0 radical (unpaired) electrons. The minimum absolute atomic E-state index is 0.282. The van der Waals surface area contributed by atoms with Crippen LogP contribution in [0.4, 0.5) is 0 Å². The summed E-state index contributed by atoms with van der Waals surface area (Å²) < 4.78 is 0. The van der Waals surface area contributed by atoms with E-state index in [9.17, 15) is 4.79 Å². The standard InChI is InChI=1S/C17H27N3O/c1-3-12-20(4-2)13-17(16(18)21,19-15-10-11-15)14-8-6-5-7-9-14/h5-9,15,19H,3-4,10-13H2,1-2H3,(H2,18,21). The molecule has 1 amide bonds. The van der Waals surface area contributed by atoms with Crippen LogP contribution in [0.2, 0.25) is 0 Å². The number of nitrogens with two attached hydrogens (primary N) is 1. The van der Waals surface area contributed by atoms with Gasteiger partial charge in [-0.2, -0.15) is 0 Å². The smallest absolute Gasteiger partial charge is 0.243 e. The number of carbonyl (C=O) groups is 1. The van der Waals surface area contributed by atoms with Gasteiger partial charge in [0.15, 0.2) is 0 Å². The lowest BCUT2D eigenvalue weighted by atomic mass is 9.87. The Kier molecular flexibility index (Phi) is 5.37. The van der Waals surface area contributed by atoms with E-state index < -0.39 is 5.54 Å². The molecule has 0 aromatic heterocycles. The zero-order valence-electron chi connectivity index (χ0n) is 13.1. The summed E-state index contributed by atoms with van der Waals surface area (Å²) in [5.41, 5.74) is 6.04. The quantitative estimate of drug-likeness (QED) is 0.729. The molecule has 1 atom stereocenters. The molecule has 1 aromatic carbocycles. The van der Waals surface area contributed by atoms with Crippen molar-refractivity contribution in [2.75, 3.05) is 19.6 Å². The first-order valence-electron chi connectivity index (χ1n) is 7.98. The van der Waals surface area contributed by atoms with Crippen molar-refractivity contribution in [2.45, 2.75) is 44.7 Å². The molecule has 1 unspecified atom stereocenters. The van der Waals surface area contributed by atoms with Crippen molar-refractivity contribution in [3.05, 3.63) is 35.9 Å². The van der Waals surface area contributed by atoms with Gasteiger partial charge >= 0.3 is 0 Å². The number of rotatable bonds is 9. The van der Waals surface area contributed by atoms with Gasteiger partial charge in [-0.15, -0.1) is 0 Å². The average molecular weight is 289 g/mol. The van der Waals surface area contributed by atoms with E-state index in [1.165, 1.54) is 0 Å². The third-order valence-corrected chi connectivity index (χ3v) is 4.16. The van der Waals surface area contributed by atoms with E-state index >= 15 is 0 Å². The van der Waals surface area contributed by atoms with Gasteiger partial charge in [0.2, 0.25) is 5.91 Å². The zero-order chi connectivity index (χ0) is 15.3. The zero-order valence-corrected chi connectivity index (χ0v) is 13.1. The molecule has 0 bridgehead atoms. The maximum absolute atomic E-state index is 12.4. The predicted molar refractivity (Wildman–Crippen MR) is 85.9 cm³/mol. The van der Waals surface area contributed by atoms with Gasteiger partial charge in [-0.05, 0) is 37.9 Å². The van der Waals surface area contributed by atoms with Crippen molar-refractivity contribution in [3.63, 3.8) is 0 Å². The molecule has 1 fully saturated rings. The molecule has 1 aromatic rings. The van der Waals surface area contributed by atoms with Crippen LogP contribution in [0.5, 0.6) is 0 Å². The lowest BCUT2D eigenvalue weighted by Gasteiger charge is -2.37. The Morgan fingerprint density at radius 3 is 2.48 bits per heavy atom. The van der Waals surface area contributed by atoms with Crippen molar-refractivity contribution in [3.8, 4) is 0 Å². The van der Waals surface area contributed by atoms with Gasteiger partial charge < -0.3 is 10.6 Å². The Morgan fingerprint density at radius 2 is 2.00 bits per heavy atom. The second-order valence-electron chi connectivity index (χ2n) is 5.92. The van der Waals surface area contributed by atoms with Gasteiger partial charge in [-0.1, -0.05) is 44.2 Å². The van der Waals surface area contributed by atoms with E-state index in [0.29, 0.717) is 12.6 Å². The number of hydrogen-bond donors (Lipinski definition) is 2. The third-order valence-electron chi connectivity index (χ3n) is 4.16. The summed E-state index contributed by atoms with van der Waals surface area (Å²) in [6.45, 7) is 6.81. The summed E-state index contributed by atoms with van der Waals surface area (Å²) in [5, 5.41) is 3.53. The van der Waals surface area contributed by atoms with Crippen molar-refractivity contribution in [1.29, 1.82) is 0 Å². The topological polar surface area (TPSA) is 58.4 Å². The van der Waals surface area contributed by atoms with E-state index in [2.05, 4.69) is 24.1 Å². The average Bonchev–Trinajstić information content (AvgIpc) is 3.30. The SMILES string of the molecule is CCCN(CC)CC(NC1CC1)(C(N)=O)c1ccccc1. The Labute approximate surface area is 127 Å². The van der Waals surface area contributed by atoms with E-state index in [1.54, 1.807) is 0 Å². The number of amides is 1. The van der Waals surface area contributed by atoms with Crippen LogP contribution in [0.15, 0.2) is 30.3 Å². The summed E-state index contributed by atoms with van der Waals surface area (Å²) in [7, 11) is 0. The monoisotopic (exact) mass is 289 g/mol. The number of nitrogens with zero attached hydrogens (tertiary/aromatic N) is 1. The van der Waals surface area contributed by atoms with Crippen LogP contribution >= 0.6 is 0 Å². The summed E-state index contributed by atoms with van der Waals surface area (Å²) in [4.78, 5) is 14.7. The first-order valence-corrected chi connectivity index (χ1v) is 7.98. The van der Waals surface area contributed by atoms with Crippen LogP contribution in [-0.2, 0) is 10.3 Å². The molecule has 116 valence electrons. The molecule has 1 saturated carbocycles. The third kappa shape index (κ3) is 3.83. The number of benzene rings is 1. The van der Waals surface area contributed by atoms with Crippen molar-refractivity contribution >= 4 is 5.91 Å². The Bertz CT molecular complexity index is 458. The van der Waals surface area contributed by atoms with Crippen molar-refractivity contribution in [1.82, 2.24) is 10.2 Å². The molecular formula is C17H27N3O. The molecule has 3 N–H and O–H groups in total. The molecule has 21 heavy (non-hydrogen) atoms. The van der Waals surface area contributed by atoms with Crippen LogP contribution in [0, 0.1) is 0 Å². The number of hydrogen-bond acceptors (Lipinski definition) is 3. The molecule has 0 aliphatic heterocycles. The minimum Gasteiger partial charge on any atom is -0.368 e. The van der Waals surface area contributed by atoms with Gasteiger partial charge in [-0.3, -0.25) is 10.1 Å². The van der Waals surface area contributed by atoms with Crippen LogP contribution in [0.25, 0.3) is 0 Å². The number of likely N-dealkylation sites (N-methyl/N-ethyl adjacent to an activating group) is 1. The number of carbonyl (C=O) groups excluding carboxylic acids is 1. The molecule has 1 aliphatic carbocycles. The van der Waals surface area contributed by atoms with E-state index in [-0.39, 0.29) is 5.91 Å². The van der Waals surface area contributed by atoms with E-state index in [4.69, 9.17) is 5.73 Å². The van der Waals surface area contributed by atoms with Gasteiger partial charge in [-0.25, -0.2) is 0 Å². The normalized spacial score (nSPS) is 17.7. The largest absolute Gasteiger partial charge is 0.368 e. The predicted octanol–water partition coefficient (Wildman–Crippen LogP) is 1.85. The van der Waals surface area contributed by atoms with Crippen LogP contribution in [0.1, 0.15) is 38.7 Å². The molecule has 0 spiro atoms. The van der Waals surface area contributed by atoms with Crippen molar-refractivity contribution in [2.24, 2.45) is 5.73 Å². The maximum Gasteiger partial charge on any atom is 0.243 e. The van der Waals surface area contributed by atoms with Crippen molar-refractivity contribution < 1.29 is 4.79 Å². The molecular weight excluding hydrogens is 262 g/mol. The highest BCUT2D eigenvalue weighted by Gasteiger charge is 2.43. The fourth-order valence-electron chi connectivity index (χ4n) is 2.81. The molecule has 0 heterocycles. The molecule has 4 heteroatoms. The highest BCUT2D eigenvalue weighted by molar-refractivity contribution is 5.86. The lowest BCUT2D eigenvalue weighted by molar-refractivity contribution is -0.125. The number of primary amides is 1. The molecule has 0 saturated heterocycles. The first-order chi connectivity index (χ1) is 10.1. The van der Waals surface area contributed by atoms with E-state index in [0.717, 1.165) is 37.9 Å². The Balaban J connectivity index is 2.32. The van der Waals surface area contributed by atoms with E-state index in [1.807, 2.05) is 30.3 Å². The van der Waals surface area contributed by atoms with Gasteiger partial charge in [0.25, 0.3) is 0 Å². The van der Waals surface area contributed by atoms with Crippen LogP contribution in [-0.4, -0.2) is 36.5 Å². The van der Waals surface area contributed by atoms with Gasteiger partial charge in [0.05, 0.1) is 0 Å². The summed E-state index contributed by atoms with van der Waals surface area (Å²) in [5.74, 6) is -0.282. The fraction of sp³-hybridized carbons (Fsp3) is 0.588. The molecule has 2 rings (SSSR count). The van der Waals surface area contributed by atoms with Crippen LogP contribution in [0.3, 0.4) is 0 Å². The van der Waals surface area contributed by atoms with Gasteiger partial charge in [0, 0.05) is 12.6 Å². The lowest BCUT2D eigenvalue weighted by Crippen LogP contribution is -2.59. The summed E-state index contributed by atoms with van der Waals surface area (Å²) >= 11 is 0. The number of nitrogens with one attached hydrogen (secondary N) is 1. The minimum atomic E-state index is -0.784. The second kappa shape index (κ2) is 7.05. The summed E-state index contributed by atoms with van der Waals surface area (Å²) in [6.07, 6.45) is 3.32. The van der Waals surface area contributed by atoms with Gasteiger partial charge in [0.1, 0.15) is 5.54 Å². The fourth-order valence-corrected chi connectivity index (χ4v) is 2.81. The summed E-state index contributed by atoms with van der Waals surface area (Å²) in [6, 6.07) is 10.3. The molecule has 4 nitrogen and oxygen atoms in total.